The Labute approximate surface area is 173 Å². The van der Waals surface area contributed by atoms with Crippen LogP contribution in [0.15, 0.2) is 51.2 Å². The molecular weight excluding hydrogens is 372 g/mol. The Bertz CT molecular complexity index is 434. The molecule has 0 fully saturated rings. The van der Waals surface area contributed by atoms with Gasteiger partial charge in [0.2, 0.25) is 0 Å². The Hall–Kier alpha value is -1.46. The normalized spacial score (nSPS) is 11.5. The van der Waals surface area contributed by atoms with Gasteiger partial charge in [-0.1, -0.05) is 26.7 Å². The SMILES string of the molecule is CC(=N\O)/C(C)=N/O.CC(=N\O)/C(C)=N/O.[Co].[Na+].c1ccncc1. The predicted octanol–water partition coefficient (Wildman–Crippen LogP) is -0.544. The van der Waals surface area contributed by atoms with Crippen molar-refractivity contribution in [2.24, 2.45) is 20.6 Å². The third kappa shape index (κ3) is 18.6. The smallest absolute Gasteiger partial charge is 0.411 e. The molecule has 0 amide bonds. The molecule has 24 heavy (non-hydrogen) atoms. The van der Waals surface area contributed by atoms with Crippen LogP contribution in [0, 0.1) is 0 Å². The van der Waals surface area contributed by atoms with Gasteiger partial charge in [0.15, 0.2) is 0 Å². The molecule has 0 aliphatic rings. The van der Waals surface area contributed by atoms with Crippen molar-refractivity contribution in [1.82, 2.24) is 4.98 Å². The van der Waals surface area contributed by atoms with E-state index >= 15 is 0 Å². The van der Waals surface area contributed by atoms with Crippen molar-refractivity contribution in [3.63, 3.8) is 0 Å². The number of aromatic nitrogens is 1. The topological polar surface area (TPSA) is 143 Å². The summed E-state index contributed by atoms with van der Waals surface area (Å²) >= 11 is 0. The quantitative estimate of drug-likeness (QED) is 0.231. The van der Waals surface area contributed by atoms with Gasteiger partial charge in [0.25, 0.3) is 0 Å². The van der Waals surface area contributed by atoms with Crippen molar-refractivity contribution in [1.29, 1.82) is 0 Å². The third-order valence-electron chi connectivity index (χ3n) is 2.21. The molecule has 0 aliphatic heterocycles. The molecule has 11 heteroatoms. The van der Waals surface area contributed by atoms with E-state index in [1.165, 1.54) is 27.7 Å². The Balaban J connectivity index is -0.000000121. The largest absolute Gasteiger partial charge is 1.00 e. The summed E-state index contributed by atoms with van der Waals surface area (Å²) in [6.45, 7) is 6.15. The molecule has 131 valence electrons. The first-order valence-electron chi connectivity index (χ1n) is 6.04. The number of pyridine rings is 1. The fraction of sp³-hybridized carbons (Fsp3) is 0.308. The van der Waals surface area contributed by atoms with E-state index in [1.54, 1.807) is 12.4 Å². The number of nitrogens with zero attached hydrogens (tertiary/aromatic N) is 5. The zero-order chi connectivity index (χ0) is 17.4. The maximum Gasteiger partial charge on any atom is 1.00 e. The summed E-state index contributed by atoms with van der Waals surface area (Å²) in [6, 6.07) is 5.72. The van der Waals surface area contributed by atoms with Crippen LogP contribution in [-0.4, -0.2) is 48.7 Å². The summed E-state index contributed by atoms with van der Waals surface area (Å²) in [5.41, 5.74) is 1.25. The van der Waals surface area contributed by atoms with Crippen molar-refractivity contribution in [2.75, 3.05) is 0 Å². The molecule has 0 atom stereocenters. The monoisotopic (exact) mass is 393 g/mol. The molecule has 4 N–H and O–H groups in total. The molecule has 0 unspecified atom stereocenters. The van der Waals surface area contributed by atoms with Crippen LogP contribution < -0.4 is 29.6 Å². The van der Waals surface area contributed by atoms with Crippen LogP contribution in [0.4, 0.5) is 0 Å². The molecule has 9 nitrogen and oxygen atoms in total. The minimum Gasteiger partial charge on any atom is -0.411 e. The van der Waals surface area contributed by atoms with Gasteiger partial charge >= 0.3 is 29.6 Å². The number of hydrogen-bond acceptors (Lipinski definition) is 9. The number of oxime groups is 4. The zero-order valence-electron chi connectivity index (χ0n) is 14.2. The van der Waals surface area contributed by atoms with Crippen molar-refractivity contribution >= 4 is 22.8 Å². The van der Waals surface area contributed by atoms with E-state index in [4.69, 9.17) is 20.8 Å². The molecule has 0 spiro atoms. The second kappa shape index (κ2) is 21.5. The van der Waals surface area contributed by atoms with Gasteiger partial charge in [-0.15, -0.1) is 0 Å². The summed E-state index contributed by atoms with van der Waals surface area (Å²) in [4.78, 5) is 3.78. The maximum absolute atomic E-state index is 8.03. The Kier molecular flexibility index (Phi) is 27.3. The minimum absolute atomic E-state index is 0. The molecule has 0 bridgehead atoms. The van der Waals surface area contributed by atoms with E-state index in [2.05, 4.69) is 25.6 Å². The Morgan fingerprint density at radius 1 is 0.625 bits per heavy atom. The number of hydrogen-bond donors (Lipinski definition) is 4. The molecule has 0 aromatic carbocycles. The maximum atomic E-state index is 8.03. The first-order valence-corrected chi connectivity index (χ1v) is 6.04. The fourth-order valence-corrected chi connectivity index (χ4v) is 0.602. The first-order chi connectivity index (χ1) is 10.4. The van der Waals surface area contributed by atoms with Gasteiger partial charge in [-0.3, -0.25) is 4.98 Å². The van der Waals surface area contributed by atoms with Crippen LogP contribution in [0.2, 0.25) is 0 Å². The van der Waals surface area contributed by atoms with Crippen molar-refractivity contribution in [3.8, 4) is 0 Å². The average molecular weight is 393 g/mol. The van der Waals surface area contributed by atoms with E-state index in [0.717, 1.165) is 0 Å². The van der Waals surface area contributed by atoms with Crippen molar-refractivity contribution in [2.45, 2.75) is 27.7 Å². The van der Waals surface area contributed by atoms with Crippen molar-refractivity contribution in [3.05, 3.63) is 30.6 Å². The summed E-state index contributed by atoms with van der Waals surface area (Å²) in [5, 5.41) is 43.3. The van der Waals surface area contributed by atoms with Gasteiger partial charge in [0.05, 0.1) is 0 Å². The molecule has 1 radical (unpaired) electrons. The second-order valence-corrected chi connectivity index (χ2v) is 3.77. The minimum atomic E-state index is 0. The van der Waals surface area contributed by atoms with Crippen molar-refractivity contribution < 1.29 is 67.2 Å². The van der Waals surface area contributed by atoms with Gasteiger partial charge in [-0.25, -0.2) is 0 Å². The molecule has 0 aliphatic carbocycles. The average Bonchev–Trinajstić information content (AvgIpc) is 2.61. The van der Waals surface area contributed by atoms with Crippen LogP contribution in [0.5, 0.6) is 0 Å². The van der Waals surface area contributed by atoms with Crippen LogP contribution in [-0.2, 0) is 16.8 Å². The summed E-state index contributed by atoms with van der Waals surface area (Å²) in [5.74, 6) is 0. The van der Waals surface area contributed by atoms with E-state index in [-0.39, 0.29) is 46.3 Å². The van der Waals surface area contributed by atoms with Gasteiger partial charge < -0.3 is 20.8 Å². The fourth-order valence-electron chi connectivity index (χ4n) is 0.602. The molecule has 1 heterocycles. The predicted molar refractivity (Wildman–Crippen MR) is 83.8 cm³/mol. The van der Waals surface area contributed by atoms with E-state index < -0.39 is 0 Å². The van der Waals surface area contributed by atoms with E-state index in [9.17, 15) is 0 Å². The number of rotatable bonds is 2. The standard InChI is InChI=1S/C5H5N.2C4H8N2O2.Co.Na/c1-2-4-6-5-3-1;2*1-3(5-7)4(2)6-8;;/h1-5H;2*7-8H,1-2H3;;/q;;;;+1/b;2*5-3+,6-4+;;. The van der Waals surface area contributed by atoms with Gasteiger partial charge in [0.1, 0.15) is 22.8 Å². The first kappa shape index (κ1) is 30.4. The Morgan fingerprint density at radius 2 is 0.875 bits per heavy atom. The van der Waals surface area contributed by atoms with Gasteiger partial charge in [-0.05, 0) is 39.8 Å². The summed E-state index contributed by atoms with van der Waals surface area (Å²) in [6.07, 6.45) is 3.50. The third-order valence-corrected chi connectivity index (χ3v) is 2.21. The van der Waals surface area contributed by atoms with Crippen LogP contribution >= 0.6 is 0 Å². The van der Waals surface area contributed by atoms with Gasteiger partial charge in [-0.2, -0.15) is 0 Å². The summed E-state index contributed by atoms with van der Waals surface area (Å²) < 4.78 is 0. The van der Waals surface area contributed by atoms with E-state index in [0.29, 0.717) is 22.8 Å². The molecular formula is C13H21CoN5NaO4+. The van der Waals surface area contributed by atoms with Crippen LogP contribution in [0.1, 0.15) is 27.7 Å². The molecule has 0 saturated carbocycles. The summed E-state index contributed by atoms with van der Waals surface area (Å²) in [7, 11) is 0. The molecule has 1 rings (SSSR count). The zero-order valence-corrected chi connectivity index (χ0v) is 17.3. The molecule has 1 aromatic rings. The van der Waals surface area contributed by atoms with Gasteiger partial charge in [0, 0.05) is 29.2 Å². The second-order valence-electron chi connectivity index (χ2n) is 3.77. The molecule has 0 saturated heterocycles. The Morgan fingerprint density at radius 3 is 0.958 bits per heavy atom. The molecule has 1 aromatic heterocycles. The van der Waals surface area contributed by atoms with Crippen LogP contribution in [0.25, 0.3) is 0 Å². The van der Waals surface area contributed by atoms with Crippen LogP contribution in [0.3, 0.4) is 0 Å². The van der Waals surface area contributed by atoms with E-state index in [1.807, 2.05) is 18.2 Å².